The molecule has 42 heavy (non-hydrogen) atoms. The van der Waals surface area contributed by atoms with Crippen molar-refractivity contribution in [1.82, 2.24) is 15.3 Å². The number of methoxy groups -OCH3 is 1. The summed E-state index contributed by atoms with van der Waals surface area (Å²) in [4.78, 5) is 17.0. The molecule has 2 N–H and O–H groups in total. The van der Waals surface area contributed by atoms with E-state index in [0.717, 1.165) is 50.8 Å². The second-order valence-electron chi connectivity index (χ2n) is 9.52. The molecule has 0 saturated carbocycles. The molecule has 0 unspecified atom stereocenters. The monoisotopic (exact) mass is 590 g/mol. The van der Waals surface area contributed by atoms with Crippen molar-refractivity contribution in [2.24, 2.45) is 0 Å². The topological polar surface area (TPSA) is 133 Å². The van der Waals surface area contributed by atoms with Crippen LogP contribution in [0.3, 0.4) is 0 Å². The molecule has 3 aromatic heterocycles. The lowest BCUT2D eigenvalue weighted by Crippen LogP contribution is -2.32. The Labute approximate surface area is 248 Å². The van der Waals surface area contributed by atoms with Crippen LogP contribution in [0.4, 0.5) is 5.13 Å². The SMILES string of the molecule is COC(=O)[C@H](Cc1ccc(OCc2c(C)noc2C)cc1)Nc1nc(-c2ccccc2)cs1.Cc1noc(C)c1CO. The molecule has 5 aromatic rings. The van der Waals surface area contributed by atoms with Crippen LogP contribution in [0.25, 0.3) is 11.3 Å². The Bertz CT molecular complexity index is 1540. The number of rotatable bonds is 10. The first-order chi connectivity index (χ1) is 20.3. The Morgan fingerprint density at radius 1 is 0.952 bits per heavy atom. The van der Waals surface area contributed by atoms with Gasteiger partial charge in [0.1, 0.15) is 29.9 Å². The smallest absolute Gasteiger partial charge is 0.328 e. The third kappa shape index (κ3) is 7.83. The van der Waals surface area contributed by atoms with Gasteiger partial charge in [-0.05, 0) is 45.4 Å². The first kappa shape index (κ1) is 30.5. The Hall–Kier alpha value is -4.48. The summed E-state index contributed by atoms with van der Waals surface area (Å²) < 4.78 is 20.8. The predicted octanol–water partition coefficient (Wildman–Crippen LogP) is 5.97. The predicted molar refractivity (Wildman–Crippen MR) is 159 cm³/mol. The van der Waals surface area contributed by atoms with E-state index in [1.54, 1.807) is 6.92 Å². The summed E-state index contributed by atoms with van der Waals surface area (Å²) in [7, 11) is 1.39. The fourth-order valence-corrected chi connectivity index (χ4v) is 4.89. The van der Waals surface area contributed by atoms with E-state index in [1.807, 2.05) is 80.7 Å². The standard InChI is InChI=1S/C25H25N3O4S.C6H9NO2/c1-16-21(17(2)32-28-16)14-31-20-11-9-18(10-12-20)13-22(24(29)30-3)26-25-27-23(15-33-25)19-7-5-4-6-8-19;1-4-6(3-8)5(2)9-7-4/h4-12,15,22H,13-14H2,1-3H3,(H,26,27);8H,3H2,1-2H3/t22-;/m0./s1. The zero-order valence-electron chi connectivity index (χ0n) is 24.2. The maximum Gasteiger partial charge on any atom is 0.328 e. The van der Waals surface area contributed by atoms with Crippen LogP contribution in [0.5, 0.6) is 5.75 Å². The van der Waals surface area contributed by atoms with Crippen LogP contribution in [0, 0.1) is 27.7 Å². The minimum atomic E-state index is -0.557. The normalized spacial score (nSPS) is 11.4. The van der Waals surface area contributed by atoms with E-state index in [2.05, 4.69) is 20.6 Å². The summed E-state index contributed by atoms with van der Waals surface area (Å²) >= 11 is 1.46. The number of nitrogens with zero attached hydrogens (tertiary/aromatic N) is 3. The van der Waals surface area contributed by atoms with Gasteiger partial charge in [0.25, 0.3) is 0 Å². The highest BCUT2D eigenvalue weighted by Gasteiger charge is 2.21. The van der Waals surface area contributed by atoms with E-state index < -0.39 is 6.04 Å². The number of anilines is 1. The van der Waals surface area contributed by atoms with E-state index >= 15 is 0 Å². The number of aromatic nitrogens is 3. The van der Waals surface area contributed by atoms with E-state index in [-0.39, 0.29) is 12.6 Å². The second-order valence-corrected chi connectivity index (χ2v) is 10.4. The molecule has 10 nitrogen and oxygen atoms in total. The average Bonchev–Trinajstić information content (AvgIpc) is 3.70. The number of thiazole rings is 1. The molecule has 0 spiro atoms. The minimum Gasteiger partial charge on any atom is -0.489 e. The number of hydrogen-bond donors (Lipinski definition) is 2. The van der Waals surface area contributed by atoms with E-state index in [0.29, 0.717) is 23.9 Å². The summed E-state index contributed by atoms with van der Waals surface area (Å²) in [6, 6.07) is 17.0. The van der Waals surface area contributed by atoms with Crippen LogP contribution in [-0.4, -0.2) is 39.5 Å². The minimum absolute atomic E-state index is 0.0150. The van der Waals surface area contributed by atoms with Crippen LogP contribution < -0.4 is 10.1 Å². The number of aliphatic hydroxyl groups is 1. The van der Waals surface area contributed by atoms with Crippen LogP contribution in [-0.2, 0) is 29.2 Å². The van der Waals surface area contributed by atoms with Gasteiger partial charge in [0.15, 0.2) is 5.13 Å². The highest BCUT2D eigenvalue weighted by atomic mass is 32.1. The fraction of sp³-hybridized carbons (Fsp3) is 0.290. The third-order valence-corrected chi connectivity index (χ3v) is 7.40. The Balaban J connectivity index is 0.000000385. The summed E-state index contributed by atoms with van der Waals surface area (Å²) in [5.41, 5.74) is 6.23. The molecule has 0 fully saturated rings. The van der Waals surface area contributed by atoms with Gasteiger partial charge in [0.05, 0.1) is 36.4 Å². The van der Waals surface area contributed by atoms with Crippen LogP contribution in [0.15, 0.2) is 69.0 Å². The molecule has 0 aliphatic carbocycles. The maximum atomic E-state index is 12.4. The maximum absolute atomic E-state index is 12.4. The molecule has 5 rings (SSSR count). The lowest BCUT2D eigenvalue weighted by Gasteiger charge is -2.16. The van der Waals surface area contributed by atoms with E-state index in [1.165, 1.54) is 18.4 Å². The second kappa shape index (κ2) is 14.4. The zero-order valence-corrected chi connectivity index (χ0v) is 25.0. The Morgan fingerprint density at radius 3 is 2.14 bits per heavy atom. The van der Waals surface area contributed by atoms with Gasteiger partial charge in [-0.25, -0.2) is 9.78 Å². The molecular formula is C31H34N4O6S. The quantitative estimate of drug-likeness (QED) is 0.187. The number of aliphatic hydroxyl groups excluding tert-OH is 1. The first-order valence-electron chi connectivity index (χ1n) is 13.3. The van der Waals surface area contributed by atoms with Crippen LogP contribution in [0.1, 0.15) is 39.6 Å². The Kier molecular flexibility index (Phi) is 10.5. The molecule has 2 aromatic carbocycles. The third-order valence-electron chi connectivity index (χ3n) is 6.62. The molecule has 0 saturated heterocycles. The van der Waals surface area contributed by atoms with Gasteiger partial charge in [-0.1, -0.05) is 52.8 Å². The van der Waals surface area contributed by atoms with Crippen molar-refractivity contribution in [3.05, 3.63) is 99.6 Å². The van der Waals surface area contributed by atoms with Crippen molar-refractivity contribution in [3.8, 4) is 17.0 Å². The lowest BCUT2D eigenvalue weighted by atomic mass is 10.1. The number of aryl methyl sites for hydroxylation is 4. The van der Waals surface area contributed by atoms with Gasteiger partial charge in [0, 0.05) is 22.9 Å². The van der Waals surface area contributed by atoms with Gasteiger partial charge in [0.2, 0.25) is 0 Å². The first-order valence-corrected chi connectivity index (χ1v) is 14.2. The molecule has 11 heteroatoms. The van der Waals surface area contributed by atoms with Gasteiger partial charge in [-0.15, -0.1) is 11.3 Å². The van der Waals surface area contributed by atoms with Crippen molar-refractivity contribution in [3.63, 3.8) is 0 Å². The number of nitrogens with one attached hydrogen (secondary N) is 1. The zero-order chi connectivity index (χ0) is 30.1. The number of hydrogen-bond acceptors (Lipinski definition) is 11. The highest BCUT2D eigenvalue weighted by molar-refractivity contribution is 7.14. The van der Waals surface area contributed by atoms with Crippen LogP contribution in [0.2, 0.25) is 0 Å². The van der Waals surface area contributed by atoms with Crippen molar-refractivity contribution in [2.45, 2.75) is 53.4 Å². The van der Waals surface area contributed by atoms with Crippen LogP contribution >= 0.6 is 11.3 Å². The number of esters is 1. The van der Waals surface area contributed by atoms with E-state index in [9.17, 15) is 4.79 Å². The van der Waals surface area contributed by atoms with Gasteiger partial charge in [-0.2, -0.15) is 0 Å². The lowest BCUT2D eigenvalue weighted by molar-refractivity contribution is -0.141. The highest BCUT2D eigenvalue weighted by Crippen LogP contribution is 2.26. The number of carbonyl (C=O) groups is 1. The van der Waals surface area contributed by atoms with Gasteiger partial charge in [-0.3, -0.25) is 0 Å². The molecule has 0 amide bonds. The summed E-state index contributed by atoms with van der Waals surface area (Å²) in [5, 5.41) is 22.1. The molecule has 0 radical (unpaired) electrons. The van der Waals surface area contributed by atoms with Crippen molar-refractivity contribution >= 4 is 22.4 Å². The largest absolute Gasteiger partial charge is 0.489 e. The molecule has 0 aliphatic heterocycles. The summed E-state index contributed by atoms with van der Waals surface area (Å²) in [5.74, 6) is 1.85. The Morgan fingerprint density at radius 2 is 1.60 bits per heavy atom. The van der Waals surface area contributed by atoms with Crippen molar-refractivity contribution in [2.75, 3.05) is 12.4 Å². The molecule has 0 aliphatic rings. The summed E-state index contributed by atoms with van der Waals surface area (Å²) in [6.07, 6.45) is 0.455. The molecule has 3 heterocycles. The van der Waals surface area contributed by atoms with Crippen molar-refractivity contribution < 1.29 is 28.4 Å². The van der Waals surface area contributed by atoms with Crippen molar-refractivity contribution in [1.29, 1.82) is 0 Å². The fourth-order valence-electron chi connectivity index (χ4n) is 4.11. The molecular weight excluding hydrogens is 556 g/mol. The summed E-state index contributed by atoms with van der Waals surface area (Å²) in [6.45, 7) is 7.76. The average molecular weight is 591 g/mol. The number of carbonyl (C=O) groups excluding carboxylic acids is 1. The number of ether oxygens (including phenoxy) is 2. The van der Waals surface area contributed by atoms with Gasteiger partial charge >= 0.3 is 5.97 Å². The molecule has 1 atom stereocenters. The number of benzene rings is 2. The van der Waals surface area contributed by atoms with Gasteiger partial charge < -0.3 is 28.9 Å². The van der Waals surface area contributed by atoms with E-state index in [4.69, 9.17) is 23.6 Å². The molecule has 220 valence electrons. The molecule has 0 bridgehead atoms.